The molecule has 2 aromatic rings. The zero-order valence-corrected chi connectivity index (χ0v) is 17.1. The van der Waals surface area contributed by atoms with Gasteiger partial charge in [-0.2, -0.15) is 0 Å². The Balaban J connectivity index is 2.08. The van der Waals surface area contributed by atoms with Crippen LogP contribution in [0.1, 0.15) is 13.8 Å². The minimum atomic E-state index is -0.499. The third-order valence-electron chi connectivity index (χ3n) is 3.63. The number of carbonyl (C=O) groups excluding carboxylic acids is 2. The highest BCUT2D eigenvalue weighted by Crippen LogP contribution is 2.30. The lowest BCUT2D eigenvalue weighted by Gasteiger charge is -2.11. The van der Waals surface area contributed by atoms with Crippen LogP contribution in [0.2, 0.25) is 0 Å². The van der Waals surface area contributed by atoms with Crippen LogP contribution in [0.5, 0.6) is 5.75 Å². The first-order chi connectivity index (χ1) is 13.5. The van der Waals surface area contributed by atoms with Crippen molar-refractivity contribution in [1.29, 1.82) is 0 Å². The summed E-state index contributed by atoms with van der Waals surface area (Å²) in [4.78, 5) is 23.7. The summed E-state index contributed by atoms with van der Waals surface area (Å²) in [5.41, 5.74) is 0.795. The van der Waals surface area contributed by atoms with Crippen molar-refractivity contribution < 1.29 is 14.3 Å². The Labute approximate surface area is 168 Å². The predicted molar refractivity (Wildman–Crippen MR) is 109 cm³/mol. The van der Waals surface area contributed by atoms with E-state index in [9.17, 15) is 9.59 Å². The number of allylic oxidation sites excluding steroid dienone is 1. The number of hydrogen-bond donors (Lipinski definition) is 2. The van der Waals surface area contributed by atoms with Crippen LogP contribution in [0.3, 0.4) is 0 Å². The highest BCUT2D eigenvalue weighted by molar-refractivity contribution is 7.99. The number of ether oxygens (including phenoxy) is 1. The van der Waals surface area contributed by atoms with E-state index in [0.29, 0.717) is 35.7 Å². The summed E-state index contributed by atoms with van der Waals surface area (Å²) in [6, 6.07) is 7.00. The minimum absolute atomic E-state index is 0.0380. The minimum Gasteiger partial charge on any atom is -0.496 e. The molecule has 1 aromatic carbocycles. The van der Waals surface area contributed by atoms with E-state index in [2.05, 4.69) is 27.4 Å². The van der Waals surface area contributed by atoms with E-state index < -0.39 is 11.9 Å². The molecule has 2 N–H and O–H groups in total. The van der Waals surface area contributed by atoms with Crippen LogP contribution in [0.15, 0.2) is 42.1 Å². The molecule has 0 radical (unpaired) electrons. The Kier molecular flexibility index (Phi) is 8.06. The van der Waals surface area contributed by atoms with Gasteiger partial charge in [-0.15, -0.1) is 16.8 Å². The van der Waals surface area contributed by atoms with Crippen molar-refractivity contribution in [3.05, 3.63) is 36.9 Å². The second-order valence-corrected chi connectivity index (χ2v) is 7.29. The van der Waals surface area contributed by atoms with Gasteiger partial charge in [0.25, 0.3) is 0 Å². The number of nitrogens with zero attached hydrogens (tertiary/aromatic N) is 3. The van der Waals surface area contributed by atoms with Crippen LogP contribution in [0.4, 0.5) is 4.79 Å². The summed E-state index contributed by atoms with van der Waals surface area (Å²) in [7, 11) is 1.59. The lowest BCUT2D eigenvalue weighted by atomic mass is 10.2. The van der Waals surface area contributed by atoms with Crippen LogP contribution >= 0.6 is 11.8 Å². The Morgan fingerprint density at radius 3 is 2.75 bits per heavy atom. The van der Waals surface area contributed by atoms with Crippen LogP contribution in [0, 0.1) is 5.92 Å². The molecule has 0 fully saturated rings. The van der Waals surface area contributed by atoms with E-state index >= 15 is 0 Å². The molecule has 0 saturated carbocycles. The van der Waals surface area contributed by atoms with E-state index in [-0.39, 0.29) is 5.75 Å². The largest absolute Gasteiger partial charge is 0.496 e. The molecule has 0 unspecified atom stereocenters. The molecule has 1 heterocycles. The molecule has 28 heavy (non-hydrogen) atoms. The normalized spacial score (nSPS) is 10.6. The number of methoxy groups -OCH3 is 1. The highest BCUT2D eigenvalue weighted by atomic mass is 32.2. The quantitative estimate of drug-likeness (QED) is 0.493. The number of thioether (sulfide) groups is 1. The molecule has 0 saturated heterocycles. The molecule has 0 spiro atoms. The highest BCUT2D eigenvalue weighted by Gasteiger charge is 2.18. The number of hydrogen-bond acceptors (Lipinski definition) is 6. The van der Waals surface area contributed by atoms with Crippen molar-refractivity contribution in [3.8, 4) is 17.1 Å². The molecule has 8 nitrogen and oxygen atoms in total. The number of imide groups is 1. The molecule has 3 amide bonds. The lowest BCUT2D eigenvalue weighted by Crippen LogP contribution is -2.41. The zero-order valence-electron chi connectivity index (χ0n) is 16.3. The van der Waals surface area contributed by atoms with Crippen LogP contribution in [-0.4, -0.2) is 46.1 Å². The number of carbonyl (C=O) groups is 2. The average Bonchev–Trinajstić information content (AvgIpc) is 3.07. The molecule has 0 aliphatic rings. The maximum atomic E-state index is 12.0. The Morgan fingerprint density at radius 2 is 2.07 bits per heavy atom. The van der Waals surface area contributed by atoms with Gasteiger partial charge < -0.3 is 10.1 Å². The fourth-order valence-corrected chi connectivity index (χ4v) is 3.10. The molecule has 0 aliphatic carbocycles. The van der Waals surface area contributed by atoms with Gasteiger partial charge in [0.1, 0.15) is 5.75 Å². The van der Waals surface area contributed by atoms with E-state index in [0.717, 1.165) is 5.56 Å². The summed E-state index contributed by atoms with van der Waals surface area (Å²) in [5.74, 6) is 1.24. The van der Waals surface area contributed by atoms with E-state index in [1.165, 1.54) is 11.8 Å². The SMILES string of the molecule is C=CCn1c(SCC(=O)NC(=O)NCC(C)C)nnc1-c1ccccc1OC. The van der Waals surface area contributed by atoms with Gasteiger partial charge in [0, 0.05) is 13.1 Å². The zero-order chi connectivity index (χ0) is 20.5. The van der Waals surface area contributed by atoms with Gasteiger partial charge in [-0.25, -0.2) is 4.79 Å². The van der Waals surface area contributed by atoms with Crippen LogP contribution in [-0.2, 0) is 11.3 Å². The smallest absolute Gasteiger partial charge is 0.321 e. The number of urea groups is 1. The van der Waals surface area contributed by atoms with Gasteiger partial charge in [-0.05, 0) is 18.1 Å². The predicted octanol–water partition coefficient (Wildman–Crippen LogP) is 2.71. The molecule has 0 bridgehead atoms. The molecular weight excluding hydrogens is 378 g/mol. The van der Waals surface area contributed by atoms with Crippen molar-refractivity contribution in [3.63, 3.8) is 0 Å². The van der Waals surface area contributed by atoms with Crippen molar-refractivity contribution >= 4 is 23.7 Å². The number of nitrogens with one attached hydrogen (secondary N) is 2. The molecular formula is C19H25N5O3S. The van der Waals surface area contributed by atoms with Crippen molar-refractivity contribution in [2.45, 2.75) is 25.5 Å². The van der Waals surface area contributed by atoms with Gasteiger partial charge in [0.15, 0.2) is 11.0 Å². The topological polar surface area (TPSA) is 98.1 Å². The Hall–Kier alpha value is -2.81. The third kappa shape index (κ3) is 5.85. The van der Waals surface area contributed by atoms with E-state index in [1.54, 1.807) is 13.2 Å². The Bertz CT molecular complexity index is 835. The first kappa shape index (κ1) is 21.5. The second-order valence-electron chi connectivity index (χ2n) is 6.35. The number of rotatable bonds is 9. The van der Waals surface area contributed by atoms with Crippen LogP contribution in [0.25, 0.3) is 11.4 Å². The van der Waals surface area contributed by atoms with Gasteiger partial charge in [-0.3, -0.25) is 14.7 Å². The molecule has 150 valence electrons. The second kappa shape index (κ2) is 10.5. The van der Waals surface area contributed by atoms with Crippen molar-refractivity contribution in [2.75, 3.05) is 19.4 Å². The lowest BCUT2D eigenvalue weighted by molar-refractivity contribution is -0.117. The summed E-state index contributed by atoms with van der Waals surface area (Å²) >= 11 is 1.20. The Morgan fingerprint density at radius 1 is 1.32 bits per heavy atom. The van der Waals surface area contributed by atoms with E-state index in [4.69, 9.17) is 4.74 Å². The summed E-state index contributed by atoms with van der Waals surface area (Å²) < 4.78 is 7.25. The third-order valence-corrected chi connectivity index (χ3v) is 4.60. The monoisotopic (exact) mass is 403 g/mol. The van der Waals surface area contributed by atoms with Gasteiger partial charge in [0.05, 0.1) is 18.4 Å². The van der Waals surface area contributed by atoms with Crippen molar-refractivity contribution in [2.24, 2.45) is 5.92 Å². The number of aromatic nitrogens is 3. The average molecular weight is 404 g/mol. The number of para-hydroxylation sites is 1. The molecule has 2 rings (SSSR count). The van der Waals surface area contributed by atoms with Crippen LogP contribution < -0.4 is 15.4 Å². The maximum absolute atomic E-state index is 12.0. The first-order valence-corrected chi connectivity index (χ1v) is 9.82. The summed E-state index contributed by atoms with van der Waals surface area (Å²) in [6.45, 7) is 8.70. The standard InChI is InChI=1S/C19H25N5O3S/c1-5-10-24-17(14-8-6-7-9-15(14)27-4)22-23-19(24)28-12-16(25)21-18(26)20-11-13(2)3/h5-9,13H,1,10-12H2,2-4H3,(H2,20,21,25,26). The van der Waals surface area contributed by atoms with Gasteiger partial charge in [0.2, 0.25) is 5.91 Å². The summed E-state index contributed by atoms with van der Waals surface area (Å²) in [5, 5.41) is 13.9. The van der Waals surface area contributed by atoms with Crippen molar-refractivity contribution in [1.82, 2.24) is 25.4 Å². The van der Waals surface area contributed by atoms with E-state index in [1.807, 2.05) is 42.7 Å². The number of benzene rings is 1. The maximum Gasteiger partial charge on any atom is 0.321 e. The molecule has 1 aromatic heterocycles. The summed E-state index contributed by atoms with van der Waals surface area (Å²) in [6.07, 6.45) is 1.73. The van der Waals surface area contributed by atoms with Gasteiger partial charge in [-0.1, -0.05) is 43.8 Å². The number of amides is 3. The molecule has 0 aliphatic heterocycles. The first-order valence-electron chi connectivity index (χ1n) is 8.84. The molecule has 0 atom stereocenters. The fraction of sp³-hybridized carbons (Fsp3) is 0.368. The fourth-order valence-electron chi connectivity index (χ4n) is 2.35. The van der Waals surface area contributed by atoms with Gasteiger partial charge >= 0.3 is 6.03 Å². The molecule has 9 heteroatoms.